The maximum Gasteiger partial charge on any atom is 0.254 e. The van der Waals surface area contributed by atoms with Crippen LogP contribution in [-0.4, -0.2) is 36.8 Å². The van der Waals surface area contributed by atoms with Gasteiger partial charge >= 0.3 is 0 Å². The molecule has 2 N–H and O–H groups in total. The van der Waals surface area contributed by atoms with Crippen molar-refractivity contribution in [2.45, 2.75) is 24.1 Å². The van der Waals surface area contributed by atoms with Gasteiger partial charge in [0.05, 0.1) is 11.2 Å². The number of aromatic nitrogens is 1. The molecule has 0 aliphatic carbocycles. The van der Waals surface area contributed by atoms with Gasteiger partial charge in [-0.1, -0.05) is 6.92 Å². The average Bonchev–Trinajstić information content (AvgIpc) is 2.75. The molecule has 0 aromatic carbocycles. The van der Waals surface area contributed by atoms with Gasteiger partial charge in [-0.05, 0) is 12.8 Å². The smallest absolute Gasteiger partial charge is 0.254 e. The van der Waals surface area contributed by atoms with E-state index in [1.807, 2.05) is 6.92 Å². The molecule has 1 aliphatic heterocycles. The molecule has 5 nitrogen and oxygen atoms in total. The van der Waals surface area contributed by atoms with Gasteiger partial charge in [0.15, 0.2) is 4.21 Å². The molecule has 2 atom stereocenters. The van der Waals surface area contributed by atoms with Gasteiger partial charge in [-0.3, -0.25) is 0 Å². The second-order valence-corrected chi connectivity index (χ2v) is 7.56. The molecule has 1 aromatic heterocycles. The highest BCUT2D eigenvalue weighted by molar-refractivity contribution is 7.91. The Bertz CT molecular complexity index is 473. The van der Waals surface area contributed by atoms with Crippen LogP contribution in [0.25, 0.3) is 0 Å². The highest BCUT2D eigenvalue weighted by Gasteiger charge is 2.36. The van der Waals surface area contributed by atoms with Crippen LogP contribution in [-0.2, 0) is 10.0 Å². The normalized spacial score (nSPS) is 27.4. The standard InChI is InChI=1S/C9H15N3O2S2/c1-6-4-12(5-8(6)10)16(13,14)9-3-11-7(2)15-9/h3,6,8H,4-5,10H2,1-2H3. The van der Waals surface area contributed by atoms with Gasteiger partial charge in [0, 0.05) is 19.1 Å². The Morgan fingerprint density at radius 2 is 2.25 bits per heavy atom. The SMILES string of the molecule is Cc1ncc(S(=O)(=O)N2CC(C)C(N)C2)s1. The molecule has 90 valence electrons. The molecule has 2 unspecified atom stereocenters. The zero-order valence-electron chi connectivity index (χ0n) is 9.25. The quantitative estimate of drug-likeness (QED) is 0.837. The molecule has 2 heterocycles. The highest BCUT2D eigenvalue weighted by atomic mass is 32.2. The van der Waals surface area contributed by atoms with Gasteiger partial charge in [-0.2, -0.15) is 4.31 Å². The fourth-order valence-electron chi connectivity index (χ4n) is 1.73. The molecule has 1 aromatic rings. The Hall–Kier alpha value is -0.500. The number of hydrogen-bond donors (Lipinski definition) is 1. The Morgan fingerprint density at radius 3 is 2.69 bits per heavy atom. The van der Waals surface area contributed by atoms with Crippen LogP contribution in [0.4, 0.5) is 0 Å². The number of sulfonamides is 1. The van der Waals surface area contributed by atoms with E-state index in [0.29, 0.717) is 17.3 Å². The topological polar surface area (TPSA) is 76.3 Å². The van der Waals surface area contributed by atoms with Crippen molar-refractivity contribution < 1.29 is 8.42 Å². The van der Waals surface area contributed by atoms with Crippen molar-refractivity contribution in [3.05, 3.63) is 11.2 Å². The van der Waals surface area contributed by atoms with Crippen LogP contribution in [0.3, 0.4) is 0 Å². The Labute approximate surface area is 99.3 Å². The molecule has 2 rings (SSSR count). The van der Waals surface area contributed by atoms with Crippen molar-refractivity contribution in [3.63, 3.8) is 0 Å². The summed E-state index contributed by atoms with van der Waals surface area (Å²) in [5.41, 5.74) is 5.83. The lowest BCUT2D eigenvalue weighted by molar-refractivity contribution is 0.466. The second kappa shape index (κ2) is 4.06. The van der Waals surface area contributed by atoms with E-state index in [4.69, 9.17) is 5.73 Å². The minimum absolute atomic E-state index is 0.0659. The summed E-state index contributed by atoms with van der Waals surface area (Å²) in [6.07, 6.45) is 1.42. The van der Waals surface area contributed by atoms with Gasteiger partial charge < -0.3 is 5.73 Å². The van der Waals surface area contributed by atoms with Gasteiger partial charge in [0.25, 0.3) is 10.0 Å². The summed E-state index contributed by atoms with van der Waals surface area (Å²) in [5, 5.41) is 0.759. The van der Waals surface area contributed by atoms with Crippen LogP contribution in [0.5, 0.6) is 0 Å². The van der Waals surface area contributed by atoms with E-state index in [-0.39, 0.29) is 12.0 Å². The number of thiazole rings is 1. The molecular weight excluding hydrogens is 246 g/mol. The number of rotatable bonds is 2. The first-order valence-electron chi connectivity index (χ1n) is 5.09. The summed E-state index contributed by atoms with van der Waals surface area (Å²) in [6, 6.07) is -0.0659. The van der Waals surface area contributed by atoms with E-state index >= 15 is 0 Å². The lowest BCUT2D eigenvalue weighted by Crippen LogP contribution is -2.31. The van der Waals surface area contributed by atoms with Crippen LogP contribution < -0.4 is 5.73 Å². The number of hydrogen-bond acceptors (Lipinski definition) is 5. The van der Waals surface area contributed by atoms with E-state index in [9.17, 15) is 8.42 Å². The maximum absolute atomic E-state index is 12.2. The van der Waals surface area contributed by atoms with Crippen molar-refractivity contribution >= 4 is 21.4 Å². The first kappa shape index (κ1) is 12.0. The number of nitrogens with two attached hydrogens (primary N) is 1. The van der Waals surface area contributed by atoms with Crippen LogP contribution in [0.1, 0.15) is 11.9 Å². The van der Waals surface area contributed by atoms with Crippen molar-refractivity contribution in [3.8, 4) is 0 Å². The lowest BCUT2D eigenvalue weighted by Gasteiger charge is -2.13. The predicted molar refractivity (Wildman–Crippen MR) is 62.7 cm³/mol. The Morgan fingerprint density at radius 1 is 1.56 bits per heavy atom. The number of aryl methyl sites for hydroxylation is 1. The molecule has 0 amide bonds. The fraction of sp³-hybridized carbons (Fsp3) is 0.667. The van der Waals surface area contributed by atoms with Crippen molar-refractivity contribution in [2.75, 3.05) is 13.1 Å². The van der Waals surface area contributed by atoms with E-state index < -0.39 is 10.0 Å². The molecule has 7 heteroatoms. The molecule has 0 bridgehead atoms. The monoisotopic (exact) mass is 261 g/mol. The number of nitrogens with zero attached hydrogens (tertiary/aromatic N) is 2. The third kappa shape index (κ3) is 2.00. The van der Waals surface area contributed by atoms with Crippen LogP contribution >= 0.6 is 11.3 Å². The summed E-state index contributed by atoms with van der Waals surface area (Å²) in [6.45, 7) is 4.67. The lowest BCUT2D eigenvalue weighted by atomic mass is 10.1. The average molecular weight is 261 g/mol. The molecular formula is C9H15N3O2S2. The predicted octanol–water partition coefficient (Wildman–Crippen LogP) is 0.419. The molecule has 0 spiro atoms. The third-order valence-corrected chi connectivity index (χ3v) is 6.01. The molecule has 1 aliphatic rings. The molecule has 1 fully saturated rings. The van der Waals surface area contributed by atoms with Gasteiger partial charge in [0.2, 0.25) is 0 Å². The van der Waals surface area contributed by atoms with Crippen molar-refractivity contribution in [1.82, 2.24) is 9.29 Å². The zero-order valence-corrected chi connectivity index (χ0v) is 10.9. The van der Waals surface area contributed by atoms with Crippen LogP contribution in [0.15, 0.2) is 10.4 Å². The van der Waals surface area contributed by atoms with E-state index in [1.165, 1.54) is 21.8 Å². The fourth-order valence-corrected chi connectivity index (χ4v) is 4.57. The van der Waals surface area contributed by atoms with E-state index in [1.54, 1.807) is 6.92 Å². The molecule has 0 radical (unpaired) electrons. The summed E-state index contributed by atoms with van der Waals surface area (Å²) >= 11 is 1.20. The van der Waals surface area contributed by atoms with Gasteiger partial charge in [-0.25, -0.2) is 13.4 Å². The first-order chi connectivity index (χ1) is 7.41. The first-order valence-corrected chi connectivity index (χ1v) is 7.35. The second-order valence-electron chi connectivity index (χ2n) is 4.16. The highest BCUT2D eigenvalue weighted by Crippen LogP contribution is 2.26. The molecule has 16 heavy (non-hydrogen) atoms. The zero-order chi connectivity index (χ0) is 11.9. The van der Waals surface area contributed by atoms with E-state index in [2.05, 4.69) is 4.98 Å². The van der Waals surface area contributed by atoms with Crippen molar-refractivity contribution in [2.24, 2.45) is 11.7 Å². The van der Waals surface area contributed by atoms with Crippen LogP contribution in [0, 0.1) is 12.8 Å². The maximum atomic E-state index is 12.2. The summed E-state index contributed by atoms with van der Waals surface area (Å²) in [7, 11) is -3.37. The Kier molecular flexibility index (Phi) is 3.04. The molecule has 0 saturated carbocycles. The molecule has 1 saturated heterocycles. The minimum Gasteiger partial charge on any atom is -0.326 e. The summed E-state index contributed by atoms with van der Waals surface area (Å²) < 4.78 is 26.1. The largest absolute Gasteiger partial charge is 0.326 e. The minimum atomic E-state index is -3.37. The van der Waals surface area contributed by atoms with Crippen molar-refractivity contribution in [1.29, 1.82) is 0 Å². The van der Waals surface area contributed by atoms with E-state index in [0.717, 1.165) is 5.01 Å². The van der Waals surface area contributed by atoms with Crippen LogP contribution in [0.2, 0.25) is 0 Å². The van der Waals surface area contributed by atoms with Gasteiger partial charge in [0.1, 0.15) is 0 Å². The van der Waals surface area contributed by atoms with Gasteiger partial charge in [-0.15, -0.1) is 11.3 Å². The third-order valence-electron chi connectivity index (χ3n) is 2.83. The summed E-state index contributed by atoms with van der Waals surface area (Å²) in [5.74, 6) is 0.212. The Balaban J connectivity index is 2.27. The summed E-state index contributed by atoms with van der Waals surface area (Å²) in [4.78, 5) is 3.97.